The Labute approximate surface area is 128 Å². The first-order valence-electron chi connectivity index (χ1n) is 6.13. The number of halogens is 3. The van der Waals surface area contributed by atoms with E-state index < -0.39 is 0 Å². The third kappa shape index (κ3) is 2.21. The Hall–Kier alpha value is -0.120. The van der Waals surface area contributed by atoms with Gasteiger partial charge in [0.2, 0.25) is 0 Å². The molecule has 0 spiro atoms. The van der Waals surface area contributed by atoms with Crippen LogP contribution in [0.15, 0.2) is 21.1 Å². The summed E-state index contributed by atoms with van der Waals surface area (Å²) in [5.74, 6) is 0. The number of aryl methyl sites for hydroxylation is 1. The smallest absolute Gasteiger partial charge is 0.0863 e. The van der Waals surface area contributed by atoms with Crippen LogP contribution >= 0.6 is 43.5 Å². The standard InChI is InChI=1S/C14H12Br2ClN/c15-8-6-10-13(17)9-4-2-1-3-5-12(9)18-14(10)11(16)7-8/h6-7H,1-5H2. The van der Waals surface area contributed by atoms with Crippen molar-refractivity contribution < 1.29 is 0 Å². The lowest BCUT2D eigenvalue weighted by molar-refractivity contribution is 0.709. The molecule has 0 amide bonds. The zero-order valence-corrected chi connectivity index (χ0v) is 13.7. The summed E-state index contributed by atoms with van der Waals surface area (Å²) in [4.78, 5) is 4.83. The maximum absolute atomic E-state index is 6.59. The predicted molar refractivity (Wildman–Crippen MR) is 83.4 cm³/mol. The molecule has 0 radical (unpaired) electrons. The number of aromatic nitrogens is 1. The van der Waals surface area contributed by atoms with E-state index in [0.717, 1.165) is 37.7 Å². The molecule has 18 heavy (non-hydrogen) atoms. The number of benzene rings is 1. The summed E-state index contributed by atoms with van der Waals surface area (Å²) < 4.78 is 2.03. The molecule has 0 atom stereocenters. The van der Waals surface area contributed by atoms with Crippen molar-refractivity contribution >= 4 is 54.4 Å². The minimum Gasteiger partial charge on any atom is -0.251 e. The van der Waals surface area contributed by atoms with Crippen LogP contribution in [0, 0.1) is 0 Å². The van der Waals surface area contributed by atoms with Crippen molar-refractivity contribution in [3.8, 4) is 0 Å². The molecule has 0 saturated heterocycles. The topological polar surface area (TPSA) is 12.9 Å². The van der Waals surface area contributed by atoms with Crippen molar-refractivity contribution in [2.75, 3.05) is 0 Å². The normalized spacial score (nSPS) is 15.5. The average Bonchev–Trinajstić information content (AvgIpc) is 2.56. The SMILES string of the molecule is Clc1c2c(nc3c(Br)cc(Br)cc13)CCCCC2. The van der Waals surface area contributed by atoms with Gasteiger partial charge in [-0.1, -0.05) is 34.0 Å². The Balaban J connectivity index is 2.34. The molecule has 1 aliphatic carbocycles. The molecule has 3 rings (SSSR count). The Kier molecular flexibility index (Phi) is 3.65. The second-order valence-electron chi connectivity index (χ2n) is 4.70. The fourth-order valence-electron chi connectivity index (χ4n) is 2.57. The number of hydrogen-bond acceptors (Lipinski definition) is 1. The number of pyridine rings is 1. The zero-order chi connectivity index (χ0) is 12.7. The number of fused-ring (bicyclic) bond motifs is 2. The van der Waals surface area contributed by atoms with Crippen LogP contribution in [0.4, 0.5) is 0 Å². The third-order valence-corrected chi connectivity index (χ3v) is 4.96. The highest BCUT2D eigenvalue weighted by Crippen LogP contribution is 2.36. The molecule has 1 heterocycles. The second-order valence-corrected chi connectivity index (χ2v) is 6.84. The van der Waals surface area contributed by atoms with Gasteiger partial charge in [-0.15, -0.1) is 0 Å². The summed E-state index contributed by atoms with van der Waals surface area (Å²) in [6.07, 6.45) is 5.81. The molecule has 94 valence electrons. The highest BCUT2D eigenvalue weighted by Gasteiger charge is 2.17. The lowest BCUT2D eigenvalue weighted by atomic mass is 10.1. The van der Waals surface area contributed by atoms with Crippen molar-refractivity contribution in [2.45, 2.75) is 32.1 Å². The van der Waals surface area contributed by atoms with Gasteiger partial charge in [-0.05, 0) is 59.3 Å². The number of rotatable bonds is 0. The van der Waals surface area contributed by atoms with Crippen LogP contribution in [0.25, 0.3) is 10.9 Å². The molecular weight excluding hydrogens is 377 g/mol. The minimum absolute atomic E-state index is 0.888. The molecule has 2 aromatic rings. The van der Waals surface area contributed by atoms with Crippen LogP contribution in [-0.2, 0) is 12.8 Å². The minimum atomic E-state index is 0.888. The molecule has 0 fully saturated rings. The summed E-state index contributed by atoms with van der Waals surface area (Å²) in [6.45, 7) is 0. The van der Waals surface area contributed by atoms with E-state index in [4.69, 9.17) is 16.6 Å². The van der Waals surface area contributed by atoms with E-state index in [1.54, 1.807) is 0 Å². The Bertz CT molecular complexity index is 625. The molecule has 1 aromatic carbocycles. The van der Waals surface area contributed by atoms with E-state index >= 15 is 0 Å². The number of hydrogen-bond donors (Lipinski definition) is 0. The predicted octanol–water partition coefficient (Wildman–Crippen LogP) is 5.68. The summed E-state index contributed by atoms with van der Waals surface area (Å²) in [6, 6.07) is 4.08. The van der Waals surface area contributed by atoms with Crippen LogP contribution in [0.3, 0.4) is 0 Å². The van der Waals surface area contributed by atoms with Gasteiger partial charge in [0, 0.05) is 20.0 Å². The van der Waals surface area contributed by atoms with Gasteiger partial charge in [0.05, 0.1) is 10.5 Å². The molecule has 4 heteroatoms. The second kappa shape index (κ2) is 5.10. The molecular formula is C14H12Br2ClN. The highest BCUT2D eigenvalue weighted by atomic mass is 79.9. The first-order chi connectivity index (χ1) is 8.66. The van der Waals surface area contributed by atoms with Crippen LogP contribution in [-0.4, -0.2) is 4.98 Å². The zero-order valence-electron chi connectivity index (χ0n) is 9.77. The van der Waals surface area contributed by atoms with Crippen molar-refractivity contribution in [1.29, 1.82) is 0 Å². The molecule has 0 N–H and O–H groups in total. The molecule has 1 aliphatic rings. The maximum Gasteiger partial charge on any atom is 0.0863 e. The molecule has 0 unspecified atom stereocenters. The van der Waals surface area contributed by atoms with Gasteiger partial charge in [-0.25, -0.2) is 0 Å². The highest BCUT2D eigenvalue weighted by molar-refractivity contribution is 9.11. The van der Waals surface area contributed by atoms with Crippen LogP contribution in [0.1, 0.15) is 30.5 Å². The fraction of sp³-hybridized carbons (Fsp3) is 0.357. The van der Waals surface area contributed by atoms with E-state index in [-0.39, 0.29) is 0 Å². The molecule has 1 aromatic heterocycles. The Morgan fingerprint density at radius 3 is 2.67 bits per heavy atom. The van der Waals surface area contributed by atoms with Crippen LogP contribution in [0.2, 0.25) is 5.02 Å². The first-order valence-corrected chi connectivity index (χ1v) is 8.09. The molecule has 1 nitrogen and oxygen atoms in total. The van der Waals surface area contributed by atoms with Crippen LogP contribution < -0.4 is 0 Å². The quantitative estimate of drug-likeness (QED) is 0.528. The lowest BCUT2D eigenvalue weighted by Crippen LogP contribution is -1.98. The largest absolute Gasteiger partial charge is 0.251 e. The van der Waals surface area contributed by atoms with Gasteiger partial charge in [0.15, 0.2) is 0 Å². The molecule has 0 bridgehead atoms. The molecule has 0 saturated carbocycles. The summed E-state index contributed by atoms with van der Waals surface area (Å²) >= 11 is 13.7. The van der Waals surface area contributed by atoms with Crippen molar-refractivity contribution in [1.82, 2.24) is 4.98 Å². The van der Waals surface area contributed by atoms with E-state index in [1.165, 1.54) is 30.5 Å². The van der Waals surface area contributed by atoms with E-state index in [1.807, 2.05) is 6.07 Å². The number of nitrogens with zero attached hydrogens (tertiary/aromatic N) is 1. The Morgan fingerprint density at radius 2 is 1.83 bits per heavy atom. The fourth-order valence-corrected chi connectivity index (χ4v) is 4.23. The maximum atomic E-state index is 6.59. The van der Waals surface area contributed by atoms with Gasteiger partial charge in [-0.3, -0.25) is 4.98 Å². The lowest BCUT2D eigenvalue weighted by Gasteiger charge is -2.12. The third-order valence-electron chi connectivity index (χ3n) is 3.47. The van der Waals surface area contributed by atoms with Crippen molar-refractivity contribution in [3.05, 3.63) is 37.4 Å². The van der Waals surface area contributed by atoms with Gasteiger partial charge in [0.1, 0.15) is 0 Å². The van der Waals surface area contributed by atoms with Gasteiger partial charge in [-0.2, -0.15) is 0 Å². The average molecular weight is 390 g/mol. The summed E-state index contributed by atoms with van der Waals surface area (Å²) in [7, 11) is 0. The van der Waals surface area contributed by atoms with Crippen molar-refractivity contribution in [3.63, 3.8) is 0 Å². The van der Waals surface area contributed by atoms with E-state index in [9.17, 15) is 0 Å². The van der Waals surface area contributed by atoms with Crippen LogP contribution in [0.5, 0.6) is 0 Å². The Morgan fingerprint density at radius 1 is 1.06 bits per heavy atom. The first kappa shape index (κ1) is 12.9. The van der Waals surface area contributed by atoms with E-state index in [0.29, 0.717) is 0 Å². The van der Waals surface area contributed by atoms with Gasteiger partial charge < -0.3 is 0 Å². The van der Waals surface area contributed by atoms with Gasteiger partial charge >= 0.3 is 0 Å². The molecule has 0 aliphatic heterocycles. The van der Waals surface area contributed by atoms with Crippen molar-refractivity contribution in [2.24, 2.45) is 0 Å². The monoisotopic (exact) mass is 387 g/mol. The van der Waals surface area contributed by atoms with E-state index in [2.05, 4.69) is 37.9 Å². The summed E-state index contributed by atoms with van der Waals surface area (Å²) in [5, 5.41) is 1.93. The summed E-state index contributed by atoms with van der Waals surface area (Å²) in [5.41, 5.74) is 3.42. The van der Waals surface area contributed by atoms with Gasteiger partial charge in [0.25, 0.3) is 0 Å².